The van der Waals surface area contributed by atoms with E-state index in [0.717, 1.165) is 23.1 Å². The smallest absolute Gasteiger partial charge is 0.294 e. The fourth-order valence-corrected chi connectivity index (χ4v) is 6.94. The molecule has 1 fully saturated rings. The molecule has 4 rings (SSSR count). The fourth-order valence-electron chi connectivity index (χ4n) is 3.14. The van der Waals surface area contributed by atoms with Crippen LogP contribution in [0.2, 0.25) is 4.34 Å². The van der Waals surface area contributed by atoms with Crippen LogP contribution in [0.1, 0.15) is 6.42 Å². The molecule has 0 spiro atoms. The van der Waals surface area contributed by atoms with Crippen LogP contribution >= 0.6 is 34.7 Å². The number of benzene rings is 2. The highest BCUT2D eigenvalue weighted by atomic mass is 35.5. The molecular formula is C22H18ClN3O5S3. The van der Waals surface area contributed by atoms with Crippen LogP contribution in [0.25, 0.3) is 0 Å². The molecule has 12 heteroatoms. The number of para-hydroxylation sites is 1. The van der Waals surface area contributed by atoms with Gasteiger partial charge in [0.1, 0.15) is 15.2 Å². The minimum absolute atomic E-state index is 0.0279. The van der Waals surface area contributed by atoms with E-state index in [9.17, 15) is 18.0 Å². The SMILES string of the molecule is COc1cccc(NC(=O)CC2S/C(=N/S(=O)(=O)c3ccc(Cl)s3)N(c3ccccc3)C2=O)c1. The maximum Gasteiger partial charge on any atom is 0.294 e. The highest BCUT2D eigenvalue weighted by Gasteiger charge is 2.41. The second-order valence-corrected chi connectivity index (χ2v) is 11.7. The predicted molar refractivity (Wildman–Crippen MR) is 135 cm³/mol. The lowest BCUT2D eigenvalue weighted by Crippen LogP contribution is -2.33. The molecule has 3 aromatic rings. The summed E-state index contributed by atoms with van der Waals surface area (Å²) in [5.74, 6) is -0.260. The molecule has 2 aromatic carbocycles. The van der Waals surface area contributed by atoms with Gasteiger partial charge >= 0.3 is 0 Å². The van der Waals surface area contributed by atoms with Crippen molar-refractivity contribution >= 4 is 73.1 Å². The fraction of sp³-hybridized carbons (Fsp3) is 0.136. The van der Waals surface area contributed by atoms with Gasteiger partial charge in [0.05, 0.1) is 17.1 Å². The first-order valence-corrected chi connectivity index (χ1v) is 13.4. The molecule has 0 saturated carbocycles. The zero-order valence-corrected chi connectivity index (χ0v) is 20.9. The summed E-state index contributed by atoms with van der Waals surface area (Å²) in [6, 6.07) is 18.2. The maximum absolute atomic E-state index is 13.2. The van der Waals surface area contributed by atoms with E-state index in [1.54, 1.807) is 54.6 Å². The van der Waals surface area contributed by atoms with E-state index in [4.69, 9.17) is 16.3 Å². The Labute approximate surface area is 209 Å². The van der Waals surface area contributed by atoms with Crippen molar-refractivity contribution in [3.63, 3.8) is 0 Å². The van der Waals surface area contributed by atoms with Crippen LogP contribution in [-0.2, 0) is 19.6 Å². The Hall–Kier alpha value is -2.86. The summed E-state index contributed by atoms with van der Waals surface area (Å²) >= 11 is 7.69. The van der Waals surface area contributed by atoms with E-state index in [-0.39, 0.29) is 15.8 Å². The topological polar surface area (TPSA) is 105 Å². The summed E-state index contributed by atoms with van der Waals surface area (Å²) in [5, 5.41) is 1.85. The van der Waals surface area contributed by atoms with Gasteiger partial charge in [-0.25, -0.2) is 0 Å². The number of nitrogens with one attached hydrogen (secondary N) is 1. The van der Waals surface area contributed by atoms with Gasteiger partial charge in [0, 0.05) is 18.2 Å². The molecule has 1 N–H and O–H groups in total. The Morgan fingerprint density at radius 1 is 1.15 bits per heavy atom. The van der Waals surface area contributed by atoms with Gasteiger partial charge in [-0.3, -0.25) is 14.5 Å². The molecule has 1 aromatic heterocycles. The van der Waals surface area contributed by atoms with Gasteiger partial charge in [-0.15, -0.1) is 15.7 Å². The number of amidine groups is 1. The lowest BCUT2D eigenvalue weighted by atomic mass is 10.2. The molecule has 0 bridgehead atoms. The van der Waals surface area contributed by atoms with Crippen molar-refractivity contribution in [1.29, 1.82) is 0 Å². The Bertz CT molecular complexity index is 1360. The zero-order chi connectivity index (χ0) is 24.3. The van der Waals surface area contributed by atoms with E-state index in [0.29, 0.717) is 21.5 Å². The molecule has 1 saturated heterocycles. The Balaban J connectivity index is 1.60. The van der Waals surface area contributed by atoms with Gasteiger partial charge in [-0.2, -0.15) is 8.42 Å². The number of thiophene rings is 1. The number of nitrogens with zero attached hydrogens (tertiary/aromatic N) is 2. The predicted octanol–water partition coefficient (Wildman–Crippen LogP) is 4.63. The summed E-state index contributed by atoms with van der Waals surface area (Å²) < 4.78 is 35.0. The monoisotopic (exact) mass is 535 g/mol. The third-order valence-corrected chi connectivity index (χ3v) is 8.89. The van der Waals surface area contributed by atoms with Gasteiger partial charge in [0.25, 0.3) is 10.0 Å². The van der Waals surface area contributed by atoms with Crippen molar-refractivity contribution < 1.29 is 22.7 Å². The summed E-state index contributed by atoms with van der Waals surface area (Å²) in [7, 11) is -2.58. The number of carbonyl (C=O) groups excluding carboxylic acids is 2. The number of sulfonamides is 1. The number of thioether (sulfide) groups is 1. The highest BCUT2D eigenvalue weighted by molar-refractivity contribution is 8.16. The molecule has 2 heterocycles. The summed E-state index contributed by atoms with van der Waals surface area (Å²) in [6.07, 6.45) is -0.173. The van der Waals surface area contributed by atoms with Gasteiger partial charge in [0.15, 0.2) is 5.17 Å². The molecule has 0 radical (unpaired) electrons. The van der Waals surface area contributed by atoms with E-state index in [1.165, 1.54) is 24.1 Å². The first-order chi connectivity index (χ1) is 16.3. The average molecular weight is 536 g/mol. The molecule has 34 heavy (non-hydrogen) atoms. The first-order valence-electron chi connectivity index (χ1n) is 9.87. The number of anilines is 2. The second-order valence-electron chi connectivity index (χ2n) is 7.01. The van der Waals surface area contributed by atoms with Crippen LogP contribution in [0, 0.1) is 0 Å². The van der Waals surface area contributed by atoms with Crippen LogP contribution < -0.4 is 15.0 Å². The summed E-state index contributed by atoms with van der Waals surface area (Å²) in [6.45, 7) is 0. The normalized spacial score (nSPS) is 17.2. The van der Waals surface area contributed by atoms with Crippen molar-refractivity contribution in [3.05, 3.63) is 71.1 Å². The lowest BCUT2D eigenvalue weighted by Gasteiger charge is -2.16. The van der Waals surface area contributed by atoms with Crippen LogP contribution in [-0.4, -0.2) is 37.8 Å². The van der Waals surface area contributed by atoms with Crippen molar-refractivity contribution in [2.24, 2.45) is 4.40 Å². The zero-order valence-electron chi connectivity index (χ0n) is 17.7. The van der Waals surface area contributed by atoms with E-state index in [2.05, 4.69) is 9.71 Å². The van der Waals surface area contributed by atoms with Crippen molar-refractivity contribution in [1.82, 2.24) is 0 Å². The molecule has 1 unspecified atom stereocenters. The number of halogens is 1. The van der Waals surface area contributed by atoms with Crippen LogP contribution in [0.4, 0.5) is 11.4 Å². The number of carbonyl (C=O) groups is 2. The maximum atomic E-state index is 13.2. The Morgan fingerprint density at radius 3 is 2.59 bits per heavy atom. The number of methoxy groups -OCH3 is 1. The number of hydrogen-bond donors (Lipinski definition) is 1. The summed E-state index contributed by atoms with van der Waals surface area (Å²) in [4.78, 5) is 27.1. The number of rotatable bonds is 7. The van der Waals surface area contributed by atoms with Crippen LogP contribution in [0.15, 0.2) is 75.3 Å². The standard InChI is InChI=1S/C22H18ClN3O5S3/c1-31-16-9-5-6-14(12-16)24-19(27)13-17-21(28)26(15-7-3-2-4-8-15)22(32-17)25-34(29,30)20-11-10-18(23)33-20/h2-12,17H,13H2,1H3,(H,24,27)/b25-22+. The molecule has 1 aliphatic rings. The third-order valence-electron chi connectivity index (χ3n) is 4.67. The van der Waals surface area contributed by atoms with Gasteiger partial charge in [-0.05, 0) is 36.4 Å². The molecule has 176 valence electrons. The van der Waals surface area contributed by atoms with E-state index in [1.807, 2.05) is 0 Å². The third kappa shape index (κ3) is 5.44. The molecule has 2 amide bonds. The highest BCUT2D eigenvalue weighted by Crippen LogP contribution is 2.36. The van der Waals surface area contributed by atoms with Crippen LogP contribution in [0.3, 0.4) is 0 Å². The minimum atomic E-state index is -4.10. The van der Waals surface area contributed by atoms with E-state index >= 15 is 0 Å². The quantitative estimate of drug-likeness (QED) is 0.473. The molecule has 1 aliphatic heterocycles. The average Bonchev–Trinajstić information content (AvgIpc) is 3.38. The Kier molecular flexibility index (Phi) is 7.27. The number of ether oxygens (including phenoxy) is 1. The first kappa shape index (κ1) is 24.3. The minimum Gasteiger partial charge on any atom is -0.497 e. The number of hydrogen-bond acceptors (Lipinski definition) is 7. The lowest BCUT2D eigenvalue weighted by molar-refractivity contribution is -0.121. The van der Waals surface area contributed by atoms with Crippen molar-refractivity contribution in [2.45, 2.75) is 15.9 Å². The van der Waals surface area contributed by atoms with Crippen LogP contribution in [0.5, 0.6) is 5.75 Å². The van der Waals surface area contributed by atoms with Crippen molar-refractivity contribution in [3.8, 4) is 5.75 Å². The summed E-state index contributed by atoms with van der Waals surface area (Å²) in [5.41, 5.74) is 0.972. The number of amides is 2. The van der Waals surface area contributed by atoms with Gasteiger partial charge in [-0.1, -0.05) is 47.6 Å². The molecule has 0 aliphatic carbocycles. The second kappa shape index (κ2) is 10.2. The molecule has 1 atom stereocenters. The largest absolute Gasteiger partial charge is 0.497 e. The van der Waals surface area contributed by atoms with Crippen molar-refractivity contribution in [2.75, 3.05) is 17.3 Å². The Morgan fingerprint density at radius 2 is 1.91 bits per heavy atom. The van der Waals surface area contributed by atoms with E-state index < -0.39 is 27.1 Å². The van der Waals surface area contributed by atoms with Gasteiger partial charge < -0.3 is 10.1 Å². The molecular weight excluding hydrogens is 518 g/mol. The van der Waals surface area contributed by atoms with Gasteiger partial charge in [0.2, 0.25) is 11.8 Å². The molecule has 8 nitrogen and oxygen atoms in total.